The summed E-state index contributed by atoms with van der Waals surface area (Å²) in [7, 11) is 0. The van der Waals surface area contributed by atoms with Crippen molar-refractivity contribution in [2.45, 2.75) is 226 Å². The molecule has 1 atom stereocenters. The van der Waals surface area contributed by atoms with Crippen LogP contribution in [0.15, 0.2) is 0 Å². The SMILES string of the molecule is CCCCCCCCCCCC(=O)OC[C@H](COC(=O)CCCCCCCCCCCCC(C)C)OC(=O)CCCCCCCCC. The molecule has 0 aliphatic carbocycles. The van der Waals surface area contributed by atoms with E-state index in [1.54, 1.807) is 0 Å². The van der Waals surface area contributed by atoms with Crippen molar-refractivity contribution in [3.05, 3.63) is 0 Å². The Morgan fingerprint density at radius 1 is 0.404 bits per heavy atom. The van der Waals surface area contributed by atoms with Gasteiger partial charge in [-0.1, -0.05) is 182 Å². The fourth-order valence-electron chi connectivity index (χ4n) is 5.92. The largest absolute Gasteiger partial charge is 0.462 e. The van der Waals surface area contributed by atoms with E-state index >= 15 is 0 Å². The molecule has 0 aliphatic heterocycles. The maximum atomic E-state index is 12.5. The molecule has 0 amide bonds. The molecule has 0 saturated carbocycles. The first-order chi connectivity index (χ1) is 22.9. The van der Waals surface area contributed by atoms with Crippen LogP contribution in [0.1, 0.15) is 220 Å². The fourth-order valence-corrected chi connectivity index (χ4v) is 5.92. The van der Waals surface area contributed by atoms with Crippen LogP contribution >= 0.6 is 0 Å². The van der Waals surface area contributed by atoms with E-state index in [4.69, 9.17) is 14.2 Å². The van der Waals surface area contributed by atoms with E-state index in [1.165, 1.54) is 116 Å². The molecule has 278 valence electrons. The molecule has 0 aromatic carbocycles. The molecule has 0 fully saturated rings. The second-order valence-corrected chi connectivity index (χ2v) is 14.4. The molecule has 0 bridgehead atoms. The summed E-state index contributed by atoms with van der Waals surface area (Å²) in [4.78, 5) is 37.3. The second kappa shape index (κ2) is 35.7. The first kappa shape index (κ1) is 45.4. The van der Waals surface area contributed by atoms with Gasteiger partial charge in [0.25, 0.3) is 0 Å². The van der Waals surface area contributed by atoms with Crippen molar-refractivity contribution < 1.29 is 28.6 Å². The Hall–Kier alpha value is -1.59. The van der Waals surface area contributed by atoms with Crippen LogP contribution in [0.4, 0.5) is 0 Å². The standard InChI is InChI=1S/C41H78O6/c1-5-7-9-11-13-16-21-24-28-32-39(42)45-35-38(47-41(44)34-30-26-19-12-10-8-6-2)36-46-40(43)33-29-25-22-18-15-14-17-20-23-27-31-37(3)4/h37-38H,5-36H2,1-4H3/t38-/m1/s1. The van der Waals surface area contributed by atoms with Gasteiger partial charge in [-0.25, -0.2) is 0 Å². The first-order valence-corrected chi connectivity index (χ1v) is 20.4. The van der Waals surface area contributed by atoms with Crippen LogP contribution in [0, 0.1) is 5.92 Å². The van der Waals surface area contributed by atoms with Gasteiger partial charge in [0.15, 0.2) is 6.10 Å². The lowest BCUT2D eigenvalue weighted by Crippen LogP contribution is -2.30. The van der Waals surface area contributed by atoms with Gasteiger partial charge in [0.05, 0.1) is 0 Å². The number of unbranched alkanes of at least 4 members (excludes halogenated alkanes) is 23. The Bertz CT molecular complexity index is 706. The average Bonchev–Trinajstić information content (AvgIpc) is 3.05. The molecule has 0 heterocycles. The topological polar surface area (TPSA) is 78.9 Å². The molecule has 6 heteroatoms. The van der Waals surface area contributed by atoms with Gasteiger partial charge in [-0.3, -0.25) is 14.4 Å². The number of carbonyl (C=O) groups is 3. The van der Waals surface area contributed by atoms with E-state index in [0.717, 1.165) is 63.7 Å². The lowest BCUT2D eigenvalue weighted by molar-refractivity contribution is -0.167. The molecular weight excluding hydrogens is 588 g/mol. The number of carbonyl (C=O) groups excluding carboxylic acids is 3. The van der Waals surface area contributed by atoms with Crippen molar-refractivity contribution in [1.29, 1.82) is 0 Å². The van der Waals surface area contributed by atoms with Crippen LogP contribution in [0.5, 0.6) is 0 Å². The molecule has 0 spiro atoms. The third-order valence-corrected chi connectivity index (χ3v) is 9.04. The lowest BCUT2D eigenvalue weighted by atomic mass is 10.0. The zero-order valence-corrected chi connectivity index (χ0v) is 31.7. The smallest absolute Gasteiger partial charge is 0.306 e. The van der Waals surface area contributed by atoms with E-state index in [1.807, 2.05) is 0 Å². The molecule has 0 saturated heterocycles. The molecule has 0 rings (SSSR count). The monoisotopic (exact) mass is 667 g/mol. The van der Waals surface area contributed by atoms with Crippen LogP contribution in [0.2, 0.25) is 0 Å². The maximum Gasteiger partial charge on any atom is 0.306 e. The van der Waals surface area contributed by atoms with Crippen LogP contribution in [-0.4, -0.2) is 37.2 Å². The Labute approximate surface area is 291 Å². The molecular formula is C41H78O6. The van der Waals surface area contributed by atoms with E-state index in [2.05, 4.69) is 27.7 Å². The predicted octanol–water partition coefficient (Wildman–Crippen LogP) is 12.4. The van der Waals surface area contributed by atoms with Gasteiger partial charge in [-0.15, -0.1) is 0 Å². The van der Waals surface area contributed by atoms with Gasteiger partial charge in [0, 0.05) is 19.3 Å². The highest BCUT2D eigenvalue weighted by molar-refractivity contribution is 5.71. The fraction of sp³-hybridized carbons (Fsp3) is 0.927. The molecule has 0 aliphatic rings. The third kappa shape index (κ3) is 35.5. The van der Waals surface area contributed by atoms with Crippen LogP contribution in [0.25, 0.3) is 0 Å². The highest BCUT2D eigenvalue weighted by Crippen LogP contribution is 2.15. The summed E-state index contributed by atoms with van der Waals surface area (Å²) in [6.45, 7) is 8.90. The number of ether oxygens (including phenoxy) is 3. The summed E-state index contributed by atoms with van der Waals surface area (Å²) in [5.41, 5.74) is 0. The predicted molar refractivity (Wildman–Crippen MR) is 196 cm³/mol. The third-order valence-electron chi connectivity index (χ3n) is 9.04. The summed E-state index contributed by atoms with van der Waals surface area (Å²) in [5, 5.41) is 0. The normalized spacial score (nSPS) is 11.9. The van der Waals surface area contributed by atoms with Crippen LogP contribution < -0.4 is 0 Å². The van der Waals surface area contributed by atoms with Crippen molar-refractivity contribution in [1.82, 2.24) is 0 Å². The molecule has 0 N–H and O–H groups in total. The molecule has 6 nitrogen and oxygen atoms in total. The number of esters is 3. The highest BCUT2D eigenvalue weighted by Gasteiger charge is 2.19. The Morgan fingerprint density at radius 3 is 1.04 bits per heavy atom. The summed E-state index contributed by atoms with van der Waals surface area (Å²) in [6, 6.07) is 0. The van der Waals surface area contributed by atoms with Crippen LogP contribution in [0.3, 0.4) is 0 Å². The second-order valence-electron chi connectivity index (χ2n) is 14.4. The molecule has 0 aromatic rings. The van der Waals surface area contributed by atoms with Crippen molar-refractivity contribution >= 4 is 17.9 Å². The summed E-state index contributed by atoms with van der Waals surface area (Å²) < 4.78 is 16.6. The Morgan fingerprint density at radius 2 is 0.702 bits per heavy atom. The van der Waals surface area contributed by atoms with Gasteiger partial charge in [-0.05, 0) is 25.2 Å². The number of hydrogen-bond acceptors (Lipinski definition) is 6. The number of hydrogen-bond donors (Lipinski definition) is 0. The maximum absolute atomic E-state index is 12.5. The zero-order valence-electron chi connectivity index (χ0n) is 31.7. The Kier molecular flexibility index (Phi) is 34.5. The minimum Gasteiger partial charge on any atom is -0.462 e. The number of rotatable bonds is 36. The highest BCUT2D eigenvalue weighted by atomic mass is 16.6. The quantitative estimate of drug-likeness (QED) is 0.0376. The molecule has 0 unspecified atom stereocenters. The Balaban J connectivity index is 4.27. The zero-order chi connectivity index (χ0) is 34.6. The van der Waals surface area contributed by atoms with Gasteiger partial charge < -0.3 is 14.2 Å². The summed E-state index contributed by atoms with van der Waals surface area (Å²) >= 11 is 0. The van der Waals surface area contributed by atoms with Crippen LogP contribution in [-0.2, 0) is 28.6 Å². The van der Waals surface area contributed by atoms with Crippen molar-refractivity contribution in [2.75, 3.05) is 13.2 Å². The van der Waals surface area contributed by atoms with Gasteiger partial charge in [-0.2, -0.15) is 0 Å². The summed E-state index contributed by atoms with van der Waals surface area (Å²) in [5.74, 6) is -0.0521. The van der Waals surface area contributed by atoms with Crippen molar-refractivity contribution in [3.8, 4) is 0 Å². The van der Waals surface area contributed by atoms with E-state index in [9.17, 15) is 14.4 Å². The molecule has 0 aromatic heterocycles. The summed E-state index contributed by atoms with van der Waals surface area (Å²) in [6.07, 6.45) is 32.4. The van der Waals surface area contributed by atoms with Gasteiger partial charge >= 0.3 is 17.9 Å². The van der Waals surface area contributed by atoms with Gasteiger partial charge in [0.1, 0.15) is 13.2 Å². The van der Waals surface area contributed by atoms with Gasteiger partial charge in [0.2, 0.25) is 0 Å². The minimum atomic E-state index is -0.756. The lowest BCUT2D eigenvalue weighted by Gasteiger charge is -2.18. The van der Waals surface area contributed by atoms with E-state index in [-0.39, 0.29) is 31.1 Å². The van der Waals surface area contributed by atoms with Crippen molar-refractivity contribution in [3.63, 3.8) is 0 Å². The first-order valence-electron chi connectivity index (χ1n) is 20.4. The van der Waals surface area contributed by atoms with Crippen molar-refractivity contribution in [2.24, 2.45) is 5.92 Å². The van der Waals surface area contributed by atoms with E-state index in [0.29, 0.717) is 19.3 Å². The molecule has 47 heavy (non-hydrogen) atoms. The minimum absolute atomic E-state index is 0.0654. The van der Waals surface area contributed by atoms with E-state index < -0.39 is 6.10 Å². The average molecular weight is 667 g/mol. The molecule has 0 radical (unpaired) electrons.